The summed E-state index contributed by atoms with van der Waals surface area (Å²) < 4.78 is 10.2. The van der Waals surface area contributed by atoms with Crippen LogP contribution in [0.3, 0.4) is 0 Å². The molecule has 0 aromatic heterocycles. The first-order valence-electron chi connectivity index (χ1n) is 7.21. The van der Waals surface area contributed by atoms with Crippen molar-refractivity contribution in [1.82, 2.24) is 10.6 Å². The van der Waals surface area contributed by atoms with E-state index in [1.54, 1.807) is 19.2 Å². The average Bonchev–Trinajstić information content (AvgIpc) is 2.53. The van der Waals surface area contributed by atoms with E-state index in [1.165, 1.54) is 4.90 Å². The normalized spacial score (nSPS) is 12.9. The molecule has 1 aromatic rings. The number of nitrogens with zero attached hydrogens (tertiary/aromatic N) is 1. The van der Waals surface area contributed by atoms with E-state index in [-0.39, 0.29) is 37.4 Å². The molecule has 0 saturated carbocycles. The number of nitrogens with one attached hydrogen (secondary N) is 2. The van der Waals surface area contributed by atoms with Gasteiger partial charge in [-0.1, -0.05) is 12.1 Å². The Labute approximate surface area is 141 Å². The molecule has 0 radical (unpaired) electrons. The maximum Gasteiger partial charge on any atom is 0.265 e. The summed E-state index contributed by atoms with van der Waals surface area (Å²) in [6.45, 7) is 2.49. The summed E-state index contributed by atoms with van der Waals surface area (Å²) in [5.74, 6) is 0.210. The van der Waals surface area contributed by atoms with Crippen molar-refractivity contribution < 1.29 is 19.1 Å². The van der Waals surface area contributed by atoms with Gasteiger partial charge < -0.3 is 20.1 Å². The molecule has 2 amide bonds. The van der Waals surface area contributed by atoms with E-state index in [2.05, 4.69) is 10.6 Å². The molecule has 1 aliphatic rings. The van der Waals surface area contributed by atoms with E-state index in [9.17, 15) is 9.59 Å². The molecule has 0 saturated heterocycles. The van der Waals surface area contributed by atoms with Gasteiger partial charge in [0.2, 0.25) is 5.91 Å². The van der Waals surface area contributed by atoms with Gasteiger partial charge in [0, 0.05) is 26.7 Å². The lowest BCUT2D eigenvalue weighted by Crippen LogP contribution is -2.46. The Kier molecular flexibility index (Phi) is 8.39. The van der Waals surface area contributed by atoms with Crippen LogP contribution in [-0.4, -0.2) is 58.3 Å². The molecule has 0 unspecified atom stereocenters. The summed E-state index contributed by atoms with van der Waals surface area (Å²) in [4.78, 5) is 25.3. The summed E-state index contributed by atoms with van der Waals surface area (Å²) >= 11 is 0. The maximum absolute atomic E-state index is 12.0. The van der Waals surface area contributed by atoms with E-state index in [4.69, 9.17) is 9.47 Å². The molecule has 1 heterocycles. The summed E-state index contributed by atoms with van der Waals surface area (Å²) in [7, 11) is 1.64. The maximum atomic E-state index is 12.0. The first-order chi connectivity index (χ1) is 10.7. The lowest BCUT2D eigenvalue weighted by molar-refractivity contribution is -0.125. The highest BCUT2D eigenvalue weighted by Crippen LogP contribution is 2.30. The largest absolute Gasteiger partial charge is 0.482 e. The Morgan fingerprint density at radius 2 is 2.09 bits per heavy atom. The van der Waals surface area contributed by atoms with Gasteiger partial charge in [0.15, 0.2) is 6.61 Å². The molecule has 2 rings (SSSR count). The van der Waals surface area contributed by atoms with Crippen molar-refractivity contribution in [2.75, 3.05) is 51.4 Å². The van der Waals surface area contributed by atoms with Crippen LogP contribution in [-0.2, 0) is 14.3 Å². The first kappa shape index (κ1) is 19.2. The first-order valence-corrected chi connectivity index (χ1v) is 7.21. The van der Waals surface area contributed by atoms with Crippen molar-refractivity contribution in [2.45, 2.75) is 0 Å². The van der Waals surface area contributed by atoms with Crippen LogP contribution in [0.1, 0.15) is 0 Å². The van der Waals surface area contributed by atoms with Crippen molar-refractivity contribution in [3.05, 3.63) is 24.3 Å². The number of carbonyl (C=O) groups is 2. The van der Waals surface area contributed by atoms with Gasteiger partial charge in [-0.2, -0.15) is 0 Å². The monoisotopic (exact) mass is 343 g/mol. The van der Waals surface area contributed by atoms with Crippen LogP contribution < -0.4 is 20.3 Å². The van der Waals surface area contributed by atoms with Gasteiger partial charge in [-0.25, -0.2) is 0 Å². The van der Waals surface area contributed by atoms with Crippen molar-refractivity contribution in [3.63, 3.8) is 0 Å². The molecule has 1 aromatic carbocycles. The zero-order valence-corrected chi connectivity index (χ0v) is 13.9. The number of hydrogen-bond acceptors (Lipinski definition) is 5. The van der Waals surface area contributed by atoms with Gasteiger partial charge in [-0.3, -0.25) is 14.5 Å². The van der Waals surface area contributed by atoms with E-state index in [0.717, 1.165) is 6.54 Å². The minimum absolute atomic E-state index is 0. The highest BCUT2D eigenvalue weighted by Gasteiger charge is 2.26. The third-order valence-electron chi connectivity index (χ3n) is 3.22. The molecule has 23 heavy (non-hydrogen) atoms. The Morgan fingerprint density at radius 3 is 2.87 bits per heavy atom. The van der Waals surface area contributed by atoms with Crippen LogP contribution in [0.25, 0.3) is 0 Å². The molecule has 0 aliphatic carbocycles. The molecular weight excluding hydrogens is 322 g/mol. The van der Waals surface area contributed by atoms with Gasteiger partial charge in [-0.15, -0.1) is 12.4 Å². The fourth-order valence-electron chi connectivity index (χ4n) is 2.12. The predicted molar refractivity (Wildman–Crippen MR) is 89.3 cm³/mol. The van der Waals surface area contributed by atoms with Gasteiger partial charge in [0.05, 0.1) is 12.3 Å². The molecular formula is C15H22ClN3O4. The van der Waals surface area contributed by atoms with Gasteiger partial charge >= 0.3 is 0 Å². The number of amides is 2. The second-order valence-electron chi connectivity index (χ2n) is 4.83. The molecule has 0 spiro atoms. The quantitative estimate of drug-likeness (QED) is 0.659. The summed E-state index contributed by atoms with van der Waals surface area (Å²) in [5, 5.41) is 5.91. The number of benzene rings is 1. The fraction of sp³-hybridized carbons (Fsp3) is 0.467. The standard InChI is InChI=1S/C15H21N3O4.ClH/c1-21-9-8-16-6-7-17-14(19)10-18-12-4-2-3-5-13(12)22-11-15(18)20;/h2-5,16H,6-11H2,1H3,(H,17,19);1H. The lowest BCUT2D eigenvalue weighted by Gasteiger charge is -2.28. The van der Waals surface area contributed by atoms with Crippen molar-refractivity contribution >= 4 is 29.9 Å². The smallest absolute Gasteiger partial charge is 0.265 e. The van der Waals surface area contributed by atoms with Crippen LogP contribution in [0.5, 0.6) is 5.75 Å². The molecule has 1 aliphatic heterocycles. The van der Waals surface area contributed by atoms with Crippen LogP contribution >= 0.6 is 12.4 Å². The zero-order chi connectivity index (χ0) is 15.8. The van der Waals surface area contributed by atoms with Crippen molar-refractivity contribution in [3.8, 4) is 5.75 Å². The molecule has 2 N–H and O–H groups in total. The minimum Gasteiger partial charge on any atom is -0.482 e. The number of rotatable bonds is 8. The molecule has 8 heteroatoms. The summed E-state index contributed by atoms with van der Waals surface area (Å²) in [6, 6.07) is 7.20. The number of halogens is 1. The molecule has 0 atom stereocenters. The Hall–Kier alpha value is -1.83. The Balaban J connectivity index is 0.00000264. The number of methoxy groups -OCH3 is 1. The molecule has 128 valence electrons. The summed E-state index contributed by atoms with van der Waals surface area (Å²) in [5.41, 5.74) is 0.632. The summed E-state index contributed by atoms with van der Waals surface area (Å²) in [6.07, 6.45) is 0. The number of hydrogen-bond donors (Lipinski definition) is 2. The lowest BCUT2D eigenvalue weighted by atomic mass is 10.2. The number of para-hydroxylation sites is 2. The number of carbonyl (C=O) groups excluding carboxylic acids is 2. The van der Waals surface area contributed by atoms with Crippen LogP contribution in [0.15, 0.2) is 24.3 Å². The molecule has 0 fully saturated rings. The van der Waals surface area contributed by atoms with Crippen molar-refractivity contribution in [2.24, 2.45) is 0 Å². The second-order valence-corrected chi connectivity index (χ2v) is 4.83. The number of fused-ring (bicyclic) bond motifs is 1. The van der Waals surface area contributed by atoms with E-state index in [0.29, 0.717) is 31.1 Å². The van der Waals surface area contributed by atoms with E-state index in [1.807, 2.05) is 12.1 Å². The number of anilines is 1. The van der Waals surface area contributed by atoms with Gasteiger partial charge in [0.1, 0.15) is 12.3 Å². The molecule has 7 nitrogen and oxygen atoms in total. The minimum atomic E-state index is -0.216. The van der Waals surface area contributed by atoms with E-state index < -0.39 is 0 Å². The topological polar surface area (TPSA) is 79.9 Å². The Bertz CT molecular complexity index is 527. The highest BCUT2D eigenvalue weighted by atomic mass is 35.5. The second kappa shape index (κ2) is 10.0. The predicted octanol–water partition coefficient (Wildman–Crippen LogP) is 0.186. The average molecular weight is 344 g/mol. The van der Waals surface area contributed by atoms with E-state index >= 15 is 0 Å². The zero-order valence-electron chi connectivity index (χ0n) is 13.0. The molecule has 0 bridgehead atoms. The van der Waals surface area contributed by atoms with Gasteiger partial charge in [0.25, 0.3) is 5.91 Å². The Morgan fingerprint density at radius 1 is 1.30 bits per heavy atom. The van der Waals surface area contributed by atoms with Crippen LogP contribution in [0.2, 0.25) is 0 Å². The fourth-order valence-corrected chi connectivity index (χ4v) is 2.12. The van der Waals surface area contributed by atoms with Crippen molar-refractivity contribution in [1.29, 1.82) is 0 Å². The van der Waals surface area contributed by atoms with Gasteiger partial charge in [-0.05, 0) is 12.1 Å². The highest BCUT2D eigenvalue weighted by molar-refractivity contribution is 6.02. The van der Waals surface area contributed by atoms with Crippen LogP contribution in [0.4, 0.5) is 5.69 Å². The number of ether oxygens (including phenoxy) is 2. The van der Waals surface area contributed by atoms with Crippen LogP contribution in [0, 0.1) is 0 Å². The third kappa shape index (κ3) is 5.70. The SMILES string of the molecule is COCCNCCNC(=O)CN1C(=O)COc2ccccc21.Cl. The third-order valence-corrected chi connectivity index (χ3v) is 3.22.